The molecule has 0 N–H and O–H groups in total. The Hall–Kier alpha value is -3.53. The number of carbonyl (C=O) groups excluding carboxylic acids is 3. The van der Waals surface area contributed by atoms with E-state index in [9.17, 15) is 14.4 Å². The molecule has 9 nitrogen and oxygen atoms in total. The molecule has 1 saturated heterocycles. The summed E-state index contributed by atoms with van der Waals surface area (Å²) in [6, 6.07) is 9.46. The Labute approximate surface area is 207 Å². The van der Waals surface area contributed by atoms with Crippen molar-refractivity contribution in [1.29, 1.82) is 0 Å². The fraction of sp³-hybridized carbons (Fsp3) is 0.400. The second-order valence-corrected chi connectivity index (χ2v) is 10.1. The van der Waals surface area contributed by atoms with Crippen molar-refractivity contribution in [2.45, 2.75) is 39.3 Å². The van der Waals surface area contributed by atoms with Gasteiger partial charge in [0.25, 0.3) is 11.8 Å². The van der Waals surface area contributed by atoms with Crippen LogP contribution in [-0.4, -0.2) is 58.0 Å². The first kappa shape index (κ1) is 23.2. The zero-order chi connectivity index (χ0) is 24.7. The predicted octanol–water partition coefficient (Wildman–Crippen LogP) is 3.67. The van der Waals surface area contributed by atoms with Gasteiger partial charge >= 0.3 is 0 Å². The molecule has 0 aliphatic carbocycles. The molecule has 0 bridgehead atoms. The van der Waals surface area contributed by atoms with E-state index >= 15 is 0 Å². The zero-order valence-corrected chi connectivity index (χ0v) is 20.7. The number of imide groups is 1. The highest BCUT2D eigenvalue weighted by Crippen LogP contribution is 2.35. The van der Waals surface area contributed by atoms with E-state index in [1.807, 2.05) is 29.5 Å². The minimum atomic E-state index is -0.344. The van der Waals surface area contributed by atoms with E-state index in [1.54, 1.807) is 30.4 Å². The first-order valence-electron chi connectivity index (χ1n) is 11.7. The number of fused-ring (bicyclic) bond motifs is 1. The summed E-state index contributed by atoms with van der Waals surface area (Å²) in [6.45, 7) is 5.08. The molecule has 0 radical (unpaired) electrons. The third-order valence-electron chi connectivity index (χ3n) is 7.10. The number of hydrogen-bond donors (Lipinski definition) is 0. The van der Waals surface area contributed by atoms with Crippen molar-refractivity contribution in [3.05, 3.63) is 63.1 Å². The highest BCUT2D eigenvalue weighted by Gasteiger charge is 2.40. The molecule has 2 aliphatic heterocycles. The molecule has 5 rings (SSSR count). The van der Waals surface area contributed by atoms with Crippen molar-refractivity contribution < 1.29 is 19.0 Å². The van der Waals surface area contributed by atoms with Gasteiger partial charge in [-0.2, -0.15) is 0 Å². The van der Waals surface area contributed by atoms with E-state index in [0.29, 0.717) is 48.4 Å². The molecular weight excluding hydrogens is 466 g/mol. The summed E-state index contributed by atoms with van der Waals surface area (Å²) in [4.78, 5) is 45.8. The largest absolute Gasteiger partial charge is 0.371 e. The number of anilines is 1. The van der Waals surface area contributed by atoms with Crippen LogP contribution in [0, 0.1) is 12.8 Å². The Kier molecular flexibility index (Phi) is 6.14. The van der Waals surface area contributed by atoms with Crippen LogP contribution in [0.3, 0.4) is 0 Å². The Bertz CT molecular complexity index is 1260. The maximum absolute atomic E-state index is 13.3. The maximum Gasteiger partial charge on any atom is 0.264 e. The number of carbonyl (C=O) groups is 3. The molecule has 0 unspecified atom stereocenters. The van der Waals surface area contributed by atoms with E-state index in [0.717, 1.165) is 5.69 Å². The van der Waals surface area contributed by atoms with Gasteiger partial charge in [-0.05, 0) is 50.3 Å². The minimum absolute atomic E-state index is 0.0203. The molecule has 0 saturated carbocycles. The standard InChI is InChI=1S/C25H27N5O4S/c1-15-19(27-34-26-15)14-30-24(32)18-6-4-7-20(22(18)25(30)33)29-11-9-17(10-12-29)23(31)28(3)16(2)21-8-5-13-35-21/h4-8,13,16-17H,9-12,14H2,1-3H3/t16-/m0/s1. The van der Waals surface area contributed by atoms with Crippen LogP contribution in [0.5, 0.6) is 0 Å². The van der Waals surface area contributed by atoms with Crippen molar-refractivity contribution in [2.24, 2.45) is 5.92 Å². The molecule has 1 atom stereocenters. The van der Waals surface area contributed by atoms with E-state index in [-0.39, 0.29) is 36.2 Å². The van der Waals surface area contributed by atoms with E-state index in [4.69, 9.17) is 4.63 Å². The summed E-state index contributed by atoms with van der Waals surface area (Å²) < 4.78 is 4.72. The summed E-state index contributed by atoms with van der Waals surface area (Å²) in [5.41, 5.74) is 2.56. The summed E-state index contributed by atoms with van der Waals surface area (Å²) in [6.07, 6.45) is 1.39. The van der Waals surface area contributed by atoms with E-state index < -0.39 is 0 Å². The molecular formula is C25H27N5O4S. The van der Waals surface area contributed by atoms with Crippen LogP contribution in [0.15, 0.2) is 40.3 Å². The molecule has 3 aromatic rings. The number of aryl methyl sites for hydroxylation is 1. The molecule has 3 amide bonds. The second kappa shape index (κ2) is 9.26. The van der Waals surface area contributed by atoms with Gasteiger partial charge in [-0.1, -0.05) is 22.4 Å². The van der Waals surface area contributed by atoms with E-state index in [1.165, 1.54) is 9.78 Å². The third-order valence-corrected chi connectivity index (χ3v) is 8.14. The van der Waals surface area contributed by atoms with Crippen LogP contribution in [0.1, 0.15) is 62.8 Å². The highest BCUT2D eigenvalue weighted by atomic mass is 32.1. The quantitative estimate of drug-likeness (QED) is 0.483. The Morgan fingerprint density at radius 3 is 2.60 bits per heavy atom. The maximum atomic E-state index is 13.3. The van der Waals surface area contributed by atoms with Crippen LogP contribution in [0.2, 0.25) is 0 Å². The average molecular weight is 494 g/mol. The van der Waals surface area contributed by atoms with Gasteiger partial charge < -0.3 is 9.80 Å². The van der Waals surface area contributed by atoms with Crippen molar-refractivity contribution >= 4 is 34.7 Å². The van der Waals surface area contributed by atoms with Crippen LogP contribution >= 0.6 is 11.3 Å². The summed E-state index contributed by atoms with van der Waals surface area (Å²) in [5.74, 6) is -0.598. The zero-order valence-electron chi connectivity index (χ0n) is 19.9. The Balaban J connectivity index is 1.29. The third kappa shape index (κ3) is 4.12. The summed E-state index contributed by atoms with van der Waals surface area (Å²) in [5, 5.41) is 9.57. The topological polar surface area (TPSA) is 99.8 Å². The number of aromatic nitrogens is 2. The number of thiophene rings is 1. The fourth-order valence-electron chi connectivity index (χ4n) is 4.83. The molecule has 35 heavy (non-hydrogen) atoms. The van der Waals surface area contributed by atoms with Crippen LogP contribution in [-0.2, 0) is 11.3 Å². The number of hydrogen-bond acceptors (Lipinski definition) is 8. The first-order chi connectivity index (χ1) is 16.9. The smallest absolute Gasteiger partial charge is 0.264 e. The number of piperidine rings is 1. The molecule has 0 spiro atoms. The van der Waals surface area contributed by atoms with E-state index in [2.05, 4.69) is 28.2 Å². The lowest BCUT2D eigenvalue weighted by molar-refractivity contribution is -0.136. The van der Waals surface area contributed by atoms with Gasteiger partial charge in [0.05, 0.1) is 29.4 Å². The SMILES string of the molecule is Cc1nonc1CN1C(=O)c2cccc(N3CCC(C(=O)N(C)[C@@H](C)c4cccs4)CC3)c2C1=O. The summed E-state index contributed by atoms with van der Waals surface area (Å²) in [7, 11) is 1.87. The van der Waals surface area contributed by atoms with Crippen LogP contribution < -0.4 is 4.90 Å². The molecule has 1 aromatic carbocycles. The van der Waals surface area contributed by atoms with Crippen LogP contribution in [0.25, 0.3) is 0 Å². The lowest BCUT2D eigenvalue weighted by Gasteiger charge is -2.36. The second-order valence-electron chi connectivity index (χ2n) is 9.09. The van der Waals surface area contributed by atoms with Gasteiger partial charge in [0.15, 0.2) is 0 Å². The van der Waals surface area contributed by atoms with Gasteiger partial charge in [0.1, 0.15) is 11.4 Å². The molecule has 1 fully saturated rings. The molecule has 4 heterocycles. The highest BCUT2D eigenvalue weighted by molar-refractivity contribution is 7.10. The lowest BCUT2D eigenvalue weighted by atomic mass is 9.93. The predicted molar refractivity (Wildman–Crippen MR) is 130 cm³/mol. The van der Waals surface area contributed by atoms with Gasteiger partial charge in [-0.15, -0.1) is 11.3 Å². The van der Waals surface area contributed by atoms with Gasteiger partial charge in [0, 0.05) is 30.9 Å². The van der Waals surface area contributed by atoms with Crippen molar-refractivity contribution in [3.8, 4) is 0 Å². The van der Waals surface area contributed by atoms with Crippen LogP contribution in [0.4, 0.5) is 5.69 Å². The average Bonchev–Trinajstić information content (AvgIpc) is 3.61. The van der Waals surface area contributed by atoms with Crippen molar-refractivity contribution in [3.63, 3.8) is 0 Å². The van der Waals surface area contributed by atoms with Gasteiger partial charge in [-0.3, -0.25) is 19.3 Å². The van der Waals surface area contributed by atoms with Gasteiger partial charge in [0.2, 0.25) is 5.91 Å². The Morgan fingerprint density at radius 2 is 1.94 bits per heavy atom. The fourth-order valence-corrected chi connectivity index (χ4v) is 5.66. The lowest BCUT2D eigenvalue weighted by Crippen LogP contribution is -2.42. The molecule has 2 aromatic heterocycles. The van der Waals surface area contributed by atoms with Crippen molar-refractivity contribution in [1.82, 2.24) is 20.1 Å². The monoisotopic (exact) mass is 493 g/mol. The van der Waals surface area contributed by atoms with Gasteiger partial charge in [-0.25, -0.2) is 4.63 Å². The molecule has 182 valence electrons. The van der Waals surface area contributed by atoms with Crippen molar-refractivity contribution in [2.75, 3.05) is 25.0 Å². The first-order valence-corrected chi connectivity index (χ1v) is 12.6. The molecule has 2 aliphatic rings. The Morgan fingerprint density at radius 1 is 1.17 bits per heavy atom. The number of rotatable bonds is 6. The number of amides is 3. The number of benzene rings is 1. The normalized spacial score (nSPS) is 17.1. The summed E-state index contributed by atoms with van der Waals surface area (Å²) >= 11 is 1.66. The molecule has 10 heteroatoms. The minimum Gasteiger partial charge on any atom is -0.371 e. The number of nitrogens with zero attached hydrogens (tertiary/aromatic N) is 5.